The van der Waals surface area contributed by atoms with E-state index in [1.165, 1.54) is 7.11 Å². The van der Waals surface area contributed by atoms with E-state index in [-0.39, 0.29) is 17.9 Å². The molecular weight excluding hydrogens is 320 g/mol. The second-order valence-electron chi connectivity index (χ2n) is 5.91. The Morgan fingerprint density at radius 1 is 1.28 bits per heavy atom. The van der Waals surface area contributed by atoms with Crippen molar-refractivity contribution in [2.24, 2.45) is 7.05 Å². The van der Waals surface area contributed by atoms with E-state index >= 15 is 0 Å². The molecule has 0 spiro atoms. The molecule has 0 fully saturated rings. The van der Waals surface area contributed by atoms with Crippen LogP contribution in [0.3, 0.4) is 0 Å². The van der Waals surface area contributed by atoms with Gasteiger partial charge in [-0.25, -0.2) is 0 Å². The molecule has 0 aliphatic heterocycles. The summed E-state index contributed by atoms with van der Waals surface area (Å²) in [5.74, 6) is -0.796. The lowest BCUT2D eigenvalue weighted by Gasteiger charge is -2.14. The van der Waals surface area contributed by atoms with Crippen LogP contribution in [0, 0.1) is 0 Å². The predicted octanol–water partition coefficient (Wildman–Crippen LogP) is 1.72. The molecule has 7 heteroatoms. The number of H-pyrrole nitrogens is 2. The molecule has 0 aliphatic rings. The van der Waals surface area contributed by atoms with Crippen LogP contribution in [0.15, 0.2) is 47.5 Å². The SMILES string of the molecule is COC(=O)CC(c1cnn(C)c1)c1c(Cc2ccccc2)[nH][nH]c1=O. The van der Waals surface area contributed by atoms with Crippen LogP contribution in [0.2, 0.25) is 0 Å². The van der Waals surface area contributed by atoms with Crippen molar-refractivity contribution in [3.8, 4) is 0 Å². The highest BCUT2D eigenvalue weighted by molar-refractivity contribution is 5.71. The molecule has 1 unspecified atom stereocenters. The Kier molecular flexibility index (Phi) is 4.83. The van der Waals surface area contributed by atoms with Crippen molar-refractivity contribution in [2.45, 2.75) is 18.8 Å². The van der Waals surface area contributed by atoms with Gasteiger partial charge < -0.3 is 9.84 Å². The highest BCUT2D eigenvalue weighted by Crippen LogP contribution is 2.28. The summed E-state index contributed by atoms with van der Waals surface area (Å²) in [4.78, 5) is 24.4. The number of carbonyl (C=O) groups excluding carboxylic acids is 1. The van der Waals surface area contributed by atoms with E-state index in [0.717, 1.165) is 16.8 Å². The second kappa shape index (κ2) is 7.21. The smallest absolute Gasteiger partial charge is 0.306 e. The number of carbonyl (C=O) groups is 1. The fraction of sp³-hybridized carbons (Fsp3) is 0.278. The van der Waals surface area contributed by atoms with E-state index in [2.05, 4.69) is 15.3 Å². The van der Waals surface area contributed by atoms with Gasteiger partial charge in [-0.3, -0.25) is 19.4 Å². The monoisotopic (exact) mass is 340 g/mol. The summed E-state index contributed by atoms with van der Waals surface area (Å²) in [5, 5.41) is 9.77. The van der Waals surface area contributed by atoms with Gasteiger partial charge in [0.1, 0.15) is 0 Å². The lowest BCUT2D eigenvalue weighted by atomic mass is 9.89. The fourth-order valence-corrected chi connectivity index (χ4v) is 2.97. The maximum absolute atomic E-state index is 12.5. The van der Waals surface area contributed by atoms with Crippen molar-refractivity contribution >= 4 is 5.97 Å². The topological polar surface area (TPSA) is 92.8 Å². The average molecular weight is 340 g/mol. The largest absolute Gasteiger partial charge is 0.469 e. The van der Waals surface area contributed by atoms with E-state index in [1.54, 1.807) is 17.9 Å². The zero-order valence-electron chi connectivity index (χ0n) is 14.2. The van der Waals surface area contributed by atoms with Gasteiger partial charge in [0.05, 0.1) is 19.7 Å². The first-order chi connectivity index (χ1) is 12.1. The van der Waals surface area contributed by atoms with Crippen molar-refractivity contribution in [1.29, 1.82) is 0 Å². The fourth-order valence-electron chi connectivity index (χ4n) is 2.97. The number of aromatic nitrogens is 4. The van der Waals surface area contributed by atoms with E-state index < -0.39 is 5.92 Å². The number of methoxy groups -OCH3 is 1. The first-order valence-corrected chi connectivity index (χ1v) is 7.97. The molecule has 1 aromatic carbocycles. The summed E-state index contributed by atoms with van der Waals surface area (Å²) < 4.78 is 6.47. The highest BCUT2D eigenvalue weighted by Gasteiger charge is 2.26. The molecule has 2 heterocycles. The minimum Gasteiger partial charge on any atom is -0.469 e. The third-order valence-corrected chi connectivity index (χ3v) is 4.19. The van der Waals surface area contributed by atoms with Crippen LogP contribution in [0.5, 0.6) is 0 Å². The van der Waals surface area contributed by atoms with Gasteiger partial charge in [0.15, 0.2) is 0 Å². The Morgan fingerprint density at radius 2 is 2.04 bits per heavy atom. The van der Waals surface area contributed by atoms with Gasteiger partial charge in [0, 0.05) is 36.8 Å². The summed E-state index contributed by atoms with van der Waals surface area (Å²) in [6, 6.07) is 9.84. The average Bonchev–Trinajstić information content (AvgIpc) is 3.20. The Balaban J connectivity index is 2.02. The van der Waals surface area contributed by atoms with Crippen molar-refractivity contribution in [3.63, 3.8) is 0 Å². The molecule has 0 radical (unpaired) electrons. The molecule has 0 aliphatic carbocycles. The Labute approximate surface area is 144 Å². The van der Waals surface area contributed by atoms with Crippen LogP contribution in [0.25, 0.3) is 0 Å². The lowest BCUT2D eigenvalue weighted by molar-refractivity contribution is -0.140. The molecular formula is C18H20N4O3. The van der Waals surface area contributed by atoms with Crippen LogP contribution >= 0.6 is 0 Å². The molecule has 7 nitrogen and oxygen atoms in total. The molecule has 0 bridgehead atoms. The van der Waals surface area contributed by atoms with Gasteiger partial charge in [0.25, 0.3) is 5.56 Å². The molecule has 0 amide bonds. The molecule has 0 saturated carbocycles. The second-order valence-corrected chi connectivity index (χ2v) is 5.91. The Morgan fingerprint density at radius 3 is 2.68 bits per heavy atom. The van der Waals surface area contributed by atoms with E-state index in [0.29, 0.717) is 12.0 Å². The van der Waals surface area contributed by atoms with Crippen LogP contribution in [-0.4, -0.2) is 33.1 Å². The minimum atomic E-state index is -0.421. The van der Waals surface area contributed by atoms with Gasteiger partial charge >= 0.3 is 5.97 Å². The molecule has 3 rings (SSSR count). The van der Waals surface area contributed by atoms with Crippen molar-refractivity contribution in [1.82, 2.24) is 20.0 Å². The first-order valence-electron chi connectivity index (χ1n) is 7.97. The Hall–Kier alpha value is -3.09. The number of aryl methyl sites for hydroxylation is 1. The number of esters is 1. The predicted molar refractivity (Wildman–Crippen MR) is 92.3 cm³/mol. The molecule has 2 N–H and O–H groups in total. The van der Waals surface area contributed by atoms with Crippen LogP contribution < -0.4 is 5.56 Å². The quantitative estimate of drug-likeness (QED) is 0.668. The van der Waals surface area contributed by atoms with Gasteiger partial charge in [-0.15, -0.1) is 0 Å². The summed E-state index contributed by atoms with van der Waals surface area (Å²) in [5.41, 5.74) is 2.94. The molecule has 3 aromatic rings. The van der Waals surface area contributed by atoms with Crippen LogP contribution in [0.1, 0.15) is 34.7 Å². The lowest BCUT2D eigenvalue weighted by Crippen LogP contribution is -2.17. The van der Waals surface area contributed by atoms with Gasteiger partial charge in [0.2, 0.25) is 0 Å². The van der Waals surface area contributed by atoms with E-state index in [9.17, 15) is 9.59 Å². The van der Waals surface area contributed by atoms with Crippen LogP contribution in [0.4, 0.5) is 0 Å². The van der Waals surface area contributed by atoms with Crippen molar-refractivity contribution in [2.75, 3.05) is 7.11 Å². The maximum Gasteiger partial charge on any atom is 0.306 e. The summed E-state index contributed by atoms with van der Waals surface area (Å²) >= 11 is 0. The number of rotatable bonds is 6. The highest BCUT2D eigenvalue weighted by atomic mass is 16.5. The van der Waals surface area contributed by atoms with Gasteiger partial charge in [-0.1, -0.05) is 30.3 Å². The third-order valence-electron chi connectivity index (χ3n) is 4.19. The third kappa shape index (κ3) is 3.71. The molecule has 25 heavy (non-hydrogen) atoms. The minimum absolute atomic E-state index is 0.0743. The number of ether oxygens (including phenoxy) is 1. The summed E-state index contributed by atoms with van der Waals surface area (Å²) in [6.45, 7) is 0. The molecule has 0 saturated heterocycles. The molecule has 1 atom stereocenters. The standard InChI is InChI=1S/C18H20N4O3/c1-22-11-13(10-19-22)14(9-16(23)25-2)17-15(20-21-18(17)24)8-12-6-4-3-5-7-12/h3-7,10-11,14H,8-9H2,1-2H3,(H2,20,21,24). The Bertz CT molecular complexity index is 908. The first kappa shape index (κ1) is 16.8. The number of nitrogens with zero attached hydrogens (tertiary/aromatic N) is 2. The number of hydrogen-bond acceptors (Lipinski definition) is 4. The normalized spacial score (nSPS) is 12.1. The van der Waals surface area contributed by atoms with Crippen molar-refractivity contribution < 1.29 is 9.53 Å². The number of hydrogen-bond donors (Lipinski definition) is 2. The number of nitrogens with one attached hydrogen (secondary N) is 2. The molecule has 130 valence electrons. The van der Waals surface area contributed by atoms with Crippen LogP contribution in [-0.2, 0) is 23.0 Å². The van der Waals surface area contributed by atoms with Gasteiger partial charge in [-0.05, 0) is 11.1 Å². The zero-order valence-corrected chi connectivity index (χ0v) is 14.2. The van der Waals surface area contributed by atoms with Gasteiger partial charge in [-0.2, -0.15) is 5.10 Å². The van der Waals surface area contributed by atoms with Crippen molar-refractivity contribution in [3.05, 3.63) is 75.5 Å². The number of benzene rings is 1. The molecule has 2 aromatic heterocycles. The summed E-state index contributed by atoms with van der Waals surface area (Å²) in [6.07, 6.45) is 4.12. The van der Waals surface area contributed by atoms with E-state index in [4.69, 9.17) is 4.74 Å². The van der Waals surface area contributed by atoms with E-state index in [1.807, 2.05) is 36.5 Å². The zero-order chi connectivity index (χ0) is 17.8. The maximum atomic E-state index is 12.5. The summed E-state index contributed by atoms with van der Waals surface area (Å²) in [7, 11) is 3.14. The number of aromatic amines is 2.